The molecule has 0 spiro atoms. The number of nitriles is 1. The first-order valence-electron chi connectivity index (χ1n) is 3.26. The highest BCUT2D eigenvalue weighted by Crippen LogP contribution is 2.24. The van der Waals surface area contributed by atoms with Crippen LogP contribution in [0, 0.1) is 17.1 Å². The molecule has 1 atom stereocenters. The van der Waals surface area contributed by atoms with E-state index >= 15 is 0 Å². The molecule has 1 rings (SSSR count). The molecule has 2 N–H and O–H groups in total. The van der Waals surface area contributed by atoms with Crippen LogP contribution in [0.2, 0.25) is 0 Å². The standard InChI is InChI=1S/C8H6BrFN2/c9-8-5(7(12)4-11)2-1-3-6(8)10/h1-3,7H,12H2. The maximum absolute atomic E-state index is 12.9. The van der Waals surface area contributed by atoms with Gasteiger partial charge in [0.25, 0.3) is 0 Å². The molecule has 1 unspecified atom stereocenters. The average molecular weight is 229 g/mol. The molecule has 12 heavy (non-hydrogen) atoms. The predicted molar refractivity (Wildman–Crippen MR) is 46.6 cm³/mol. The van der Waals surface area contributed by atoms with Gasteiger partial charge in [0.1, 0.15) is 11.9 Å². The lowest BCUT2D eigenvalue weighted by Gasteiger charge is -2.05. The van der Waals surface area contributed by atoms with Crippen molar-refractivity contribution in [2.45, 2.75) is 6.04 Å². The van der Waals surface area contributed by atoms with Gasteiger partial charge >= 0.3 is 0 Å². The fraction of sp³-hybridized carbons (Fsp3) is 0.125. The molecule has 62 valence electrons. The van der Waals surface area contributed by atoms with Crippen LogP contribution in [0.1, 0.15) is 11.6 Å². The SMILES string of the molecule is N#CC(N)c1cccc(F)c1Br. The van der Waals surface area contributed by atoms with Crippen molar-refractivity contribution in [3.05, 3.63) is 34.1 Å². The molecule has 0 heterocycles. The lowest BCUT2D eigenvalue weighted by Crippen LogP contribution is -2.08. The Balaban J connectivity index is 3.18. The van der Waals surface area contributed by atoms with Crippen LogP contribution in [0.3, 0.4) is 0 Å². The molecule has 4 heteroatoms. The van der Waals surface area contributed by atoms with Crippen LogP contribution in [0.5, 0.6) is 0 Å². The Hall–Kier alpha value is -0.920. The van der Waals surface area contributed by atoms with Crippen molar-refractivity contribution in [1.82, 2.24) is 0 Å². The monoisotopic (exact) mass is 228 g/mol. The minimum Gasteiger partial charge on any atom is -0.312 e. The lowest BCUT2D eigenvalue weighted by molar-refractivity contribution is 0.617. The van der Waals surface area contributed by atoms with Crippen LogP contribution in [0.4, 0.5) is 4.39 Å². The van der Waals surface area contributed by atoms with Gasteiger partial charge in [-0.3, -0.25) is 0 Å². The van der Waals surface area contributed by atoms with Crippen LogP contribution < -0.4 is 5.73 Å². The highest BCUT2D eigenvalue weighted by molar-refractivity contribution is 9.10. The van der Waals surface area contributed by atoms with Gasteiger partial charge in [0.15, 0.2) is 0 Å². The Morgan fingerprint density at radius 2 is 2.25 bits per heavy atom. The van der Waals surface area contributed by atoms with E-state index in [9.17, 15) is 4.39 Å². The summed E-state index contributed by atoms with van der Waals surface area (Å²) in [5, 5.41) is 8.49. The molecular formula is C8H6BrFN2. The maximum Gasteiger partial charge on any atom is 0.137 e. The zero-order valence-corrected chi connectivity index (χ0v) is 7.68. The Morgan fingerprint density at radius 1 is 1.58 bits per heavy atom. The number of nitrogens with two attached hydrogens (primary N) is 1. The zero-order chi connectivity index (χ0) is 9.14. The van der Waals surface area contributed by atoms with Crippen LogP contribution in [0.25, 0.3) is 0 Å². The predicted octanol–water partition coefficient (Wildman–Crippen LogP) is 2.11. The van der Waals surface area contributed by atoms with Crippen LogP contribution >= 0.6 is 15.9 Å². The molecule has 0 bridgehead atoms. The van der Waals surface area contributed by atoms with Crippen molar-refractivity contribution < 1.29 is 4.39 Å². The number of hydrogen-bond donors (Lipinski definition) is 1. The van der Waals surface area contributed by atoms with Crippen LogP contribution in [-0.4, -0.2) is 0 Å². The molecule has 0 aromatic heterocycles. The van der Waals surface area contributed by atoms with Gasteiger partial charge in [0.2, 0.25) is 0 Å². The Kier molecular flexibility index (Phi) is 2.79. The second-order valence-corrected chi connectivity index (χ2v) is 3.04. The molecule has 1 aromatic carbocycles. The highest BCUT2D eigenvalue weighted by Gasteiger charge is 2.10. The normalized spacial score (nSPS) is 12.2. The topological polar surface area (TPSA) is 49.8 Å². The van der Waals surface area contributed by atoms with Gasteiger partial charge in [-0.15, -0.1) is 0 Å². The summed E-state index contributed by atoms with van der Waals surface area (Å²) >= 11 is 3.02. The second-order valence-electron chi connectivity index (χ2n) is 2.25. The van der Waals surface area contributed by atoms with E-state index in [0.29, 0.717) is 5.56 Å². The minimum absolute atomic E-state index is 0.263. The Labute approximate surface area is 77.9 Å². The van der Waals surface area contributed by atoms with Crippen molar-refractivity contribution in [2.75, 3.05) is 0 Å². The van der Waals surface area contributed by atoms with Gasteiger partial charge in [-0.05, 0) is 22.0 Å². The quantitative estimate of drug-likeness (QED) is 0.801. The molecular weight excluding hydrogens is 223 g/mol. The van der Waals surface area contributed by atoms with Crippen molar-refractivity contribution in [2.24, 2.45) is 5.73 Å². The molecule has 0 saturated carbocycles. The number of nitrogens with zero attached hydrogens (tertiary/aromatic N) is 1. The minimum atomic E-state index is -0.782. The first kappa shape index (κ1) is 9.17. The molecule has 0 saturated heterocycles. The van der Waals surface area contributed by atoms with E-state index in [2.05, 4.69) is 15.9 Å². The maximum atomic E-state index is 12.9. The summed E-state index contributed by atoms with van der Waals surface area (Å²) in [7, 11) is 0. The van der Waals surface area contributed by atoms with E-state index in [4.69, 9.17) is 11.0 Å². The summed E-state index contributed by atoms with van der Waals surface area (Å²) in [6.45, 7) is 0. The van der Waals surface area contributed by atoms with Gasteiger partial charge < -0.3 is 5.73 Å². The van der Waals surface area contributed by atoms with Crippen molar-refractivity contribution in [3.8, 4) is 6.07 Å². The van der Waals surface area contributed by atoms with E-state index in [0.717, 1.165) is 0 Å². The summed E-state index contributed by atoms with van der Waals surface area (Å²) in [5.41, 5.74) is 5.88. The largest absolute Gasteiger partial charge is 0.312 e. The van der Waals surface area contributed by atoms with E-state index in [1.54, 1.807) is 6.07 Å². The molecule has 0 aliphatic heterocycles. The smallest absolute Gasteiger partial charge is 0.137 e. The number of rotatable bonds is 1. The third-order valence-electron chi connectivity index (χ3n) is 1.46. The lowest BCUT2D eigenvalue weighted by atomic mass is 10.1. The summed E-state index contributed by atoms with van der Waals surface area (Å²) in [6, 6.07) is 5.48. The fourth-order valence-electron chi connectivity index (χ4n) is 0.830. The van der Waals surface area contributed by atoms with E-state index in [1.165, 1.54) is 12.1 Å². The summed E-state index contributed by atoms with van der Waals surface area (Å²) < 4.78 is 13.1. The molecule has 0 aliphatic rings. The van der Waals surface area contributed by atoms with Crippen LogP contribution in [0.15, 0.2) is 22.7 Å². The Bertz CT molecular complexity index is 332. The Morgan fingerprint density at radius 3 is 2.83 bits per heavy atom. The second kappa shape index (κ2) is 3.65. The van der Waals surface area contributed by atoms with Gasteiger partial charge in [0, 0.05) is 5.56 Å². The van der Waals surface area contributed by atoms with E-state index in [1.807, 2.05) is 6.07 Å². The highest BCUT2D eigenvalue weighted by atomic mass is 79.9. The average Bonchev–Trinajstić information content (AvgIpc) is 2.08. The number of hydrogen-bond acceptors (Lipinski definition) is 2. The van der Waals surface area contributed by atoms with Gasteiger partial charge in [-0.25, -0.2) is 4.39 Å². The zero-order valence-electron chi connectivity index (χ0n) is 6.09. The van der Waals surface area contributed by atoms with E-state index in [-0.39, 0.29) is 4.47 Å². The number of halogens is 2. The van der Waals surface area contributed by atoms with E-state index < -0.39 is 11.9 Å². The van der Waals surface area contributed by atoms with Gasteiger partial charge in [-0.2, -0.15) is 5.26 Å². The van der Waals surface area contributed by atoms with Gasteiger partial charge in [-0.1, -0.05) is 12.1 Å². The van der Waals surface area contributed by atoms with Crippen LogP contribution in [-0.2, 0) is 0 Å². The molecule has 1 aromatic rings. The molecule has 0 amide bonds. The first-order chi connectivity index (χ1) is 5.66. The molecule has 0 radical (unpaired) electrons. The number of benzene rings is 1. The molecule has 0 aliphatic carbocycles. The third-order valence-corrected chi connectivity index (χ3v) is 2.29. The fourth-order valence-corrected chi connectivity index (χ4v) is 1.34. The van der Waals surface area contributed by atoms with Crippen molar-refractivity contribution in [3.63, 3.8) is 0 Å². The summed E-state index contributed by atoms with van der Waals surface area (Å²) in [4.78, 5) is 0. The third kappa shape index (κ3) is 1.63. The summed E-state index contributed by atoms with van der Waals surface area (Å²) in [5.74, 6) is -0.404. The van der Waals surface area contributed by atoms with Crippen molar-refractivity contribution >= 4 is 15.9 Å². The molecule has 0 fully saturated rings. The van der Waals surface area contributed by atoms with Gasteiger partial charge in [0.05, 0.1) is 10.5 Å². The first-order valence-corrected chi connectivity index (χ1v) is 4.05. The van der Waals surface area contributed by atoms with Crippen molar-refractivity contribution in [1.29, 1.82) is 5.26 Å². The molecule has 2 nitrogen and oxygen atoms in total. The summed E-state index contributed by atoms with van der Waals surface area (Å²) in [6.07, 6.45) is 0.